The van der Waals surface area contributed by atoms with Crippen LogP contribution in [-0.4, -0.2) is 13.1 Å². The second kappa shape index (κ2) is 4.95. The van der Waals surface area contributed by atoms with Crippen molar-refractivity contribution in [2.24, 2.45) is 5.92 Å². The van der Waals surface area contributed by atoms with E-state index in [0.717, 1.165) is 25.1 Å². The number of halogens is 2. The molecule has 1 atom stereocenters. The average Bonchev–Trinajstić information content (AvgIpc) is 2.71. The number of hydrogen-bond acceptors (Lipinski definition) is 1. The second-order valence-electron chi connectivity index (χ2n) is 4.07. The lowest BCUT2D eigenvalue weighted by Crippen LogP contribution is -2.11. The molecule has 0 radical (unpaired) electrons. The van der Waals surface area contributed by atoms with Gasteiger partial charge in [-0.05, 0) is 43.5 Å². The zero-order valence-electron chi connectivity index (χ0n) is 8.60. The van der Waals surface area contributed by atoms with Crippen molar-refractivity contribution >= 4 is 11.6 Å². The van der Waals surface area contributed by atoms with E-state index >= 15 is 0 Å². The zero-order chi connectivity index (χ0) is 10.7. The molecule has 1 aromatic rings. The highest BCUT2D eigenvalue weighted by Gasteiger charge is 2.17. The fraction of sp³-hybridized carbons (Fsp3) is 0.500. The Kier molecular flexibility index (Phi) is 3.60. The Hall–Kier alpha value is -0.600. The normalized spacial score (nSPS) is 20.8. The van der Waals surface area contributed by atoms with Gasteiger partial charge in [-0.25, -0.2) is 4.39 Å². The third-order valence-electron chi connectivity index (χ3n) is 3.02. The molecule has 82 valence electrons. The molecule has 15 heavy (non-hydrogen) atoms. The Morgan fingerprint density at radius 3 is 3.00 bits per heavy atom. The predicted octanol–water partition coefficient (Wildman–Crippen LogP) is 2.96. The van der Waals surface area contributed by atoms with E-state index in [0.29, 0.717) is 16.5 Å². The standard InChI is InChI=1S/C12H15ClFN/c13-12-3-1-2-10(11(12)7-14)6-9-4-5-15-8-9/h1-3,9,15H,4-8H2. The Bertz CT molecular complexity index is 334. The Morgan fingerprint density at radius 1 is 1.47 bits per heavy atom. The topological polar surface area (TPSA) is 12.0 Å². The molecule has 1 fully saturated rings. The third kappa shape index (κ3) is 2.50. The number of benzene rings is 1. The molecule has 0 spiro atoms. The molecule has 0 saturated carbocycles. The first-order valence-electron chi connectivity index (χ1n) is 5.34. The van der Waals surface area contributed by atoms with Gasteiger partial charge in [0.15, 0.2) is 0 Å². The summed E-state index contributed by atoms with van der Waals surface area (Å²) in [4.78, 5) is 0. The van der Waals surface area contributed by atoms with E-state index in [-0.39, 0.29) is 0 Å². The molecule has 0 aromatic heterocycles. The van der Waals surface area contributed by atoms with Gasteiger partial charge in [-0.1, -0.05) is 23.7 Å². The van der Waals surface area contributed by atoms with Crippen LogP contribution in [-0.2, 0) is 13.1 Å². The van der Waals surface area contributed by atoms with Gasteiger partial charge in [0.05, 0.1) is 0 Å². The van der Waals surface area contributed by atoms with E-state index in [1.54, 1.807) is 6.07 Å². The molecule has 1 aliphatic heterocycles. The lowest BCUT2D eigenvalue weighted by Gasteiger charge is -2.12. The van der Waals surface area contributed by atoms with Crippen LogP contribution in [0.4, 0.5) is 4.39 Å². The van der Waals surface area contributed by atoms with Crippen molar-refractivity contribution in [2.75, 3.05) is 13.1 Å². The summed E-state index contributed by atoms with van der Waals surface area (Å²) in [6.07, 6.45) is 2.12. The summed E-state index contributed by atoms with van der Waals surface area (Å²) in [5.41, 5.74) is 1.74. The van der Waals surface area contributed by atoms with Crippen LogP contribution in [0.15, 0.2) is 18.2 Å². The van der Waals surface area contributed by atoms with Gasteiger partial charge in [0, 0.05) is 10.6 Å². The van der Waals surface area contributed by atoms with Crippen LogP contribution in [0.25, 0.3) is 0 Å². The first-order valence-corrected chi connectivity index (χ1v) is 5.72. The van der Waals surface area contributed by atoms with Crippen molar-refractivity contribution in [1.82, 2.24) is 5.32 Å². The van der Waals surface area contributed by atoms with E-state index < -0.39 is 6.67 Å². The van der Waals surface area contributed by atoms with Crippen molar-refractivity contribution in [3.63, 3.8) is 0 Å². The maximum atomic E-state index is 12.8. The van der Waals surface area contributed by atoms with Gasteiger partial charge in [-0.15, -0.1) is 0 Å². The maximum absolute atomic E-state index is 12.8. The van der Waals surface area contributed by atoms with Crippen molar-refractivity contribution in [3.05, 3.63) is 34.3 Å². The first-order chi connectivity index (χ1) is 7.31. The van der Waals surface area contributed by atoms with Crippen molar-refractivity contribution in [3.8, 4) is 0 Å². The van der Waals surface area contributed by atoms with E-state index in [1.807, 2.05) is 12.1 Å². The minimum absolute atomic E-state index is 0.463. The predicted molar refractivity (Wildman–Crippen MR) is 60.9 cm³/mol. The van der Waals surface area contributed by atoms with Gasteiger partial charge in [0.2, 0.25) is 0 Å². The van der Waals surface area contributed by atoms with E-state index in [9.17, 15) is 4.39 Å². The Balaban J connectivity index is 2.15. The summed E-state index contributed by atoms with van der Waals surface area (Å²) >= 11 is 5.96. The molecule has 1 aliphatic rings. The molecule has 3 heteroatoms. The fourth-order valence-electron chi connectivity index (χ4n) is 2.14. The molecule has 0 aliphatic carbocycles. The number of alkyl halides is 1. The van der Waals surface area contributed by atoms with Crippen LogP contribution in [0, 0.1) is 5.92 Å². The minimum Gasteiger partial charge on any atom is -0.316 e. The van der Waals surface area contributed by atoms with Crippen LogP contribution < -0.4 is 5.32 Å². The van der Waals surface area contributed by atoms with Gasteiger partial charge < -0.3 is 5.32 Å². The van der Waals surface area contributed by atoms with Gasteiger partial charge in [0.25, 0.3) is 0 Å². The fourth-order valence-corrected chi connectivity index (χ4v) is 2.39. The molecule has 2 rings (SSSR count). The van der Waals surface area contributed by atoms with Gasteiger partial charge in [-0.2, -0.15) is 0 Å². The summed E-state index contributed by atoms with van der Waals surface area (Å²) in [6.45, 7) is 1.66. The molecule has 0 bridgehead atoms. The van der Waals surface area contributed by atoms with Crippen LogP contribution >= 0.6 is 11.6 Å². The SMILES string of the molecule is FCc1c(Cl)cccc1CC1CCNC1. The molecule has 1 saturated heterocycles. The van der Waals surface area contributed by atoms with Crippen LogP contribution in [0.1, 0.15) is 17.5 Å². The van der Waals surface area contributed by atoms with Crippen molar-refractivity contribution in [1.29, 1.82) is 0 Å². The molecule has 1 heterocycles. The molecule has 1 nitrogen and oxygen atoms in total. The maximum Gasteiger partial charge on any atom is 0.116 e. The average molecular weight is 228 g/mol. The largest absolute Gasteiger partial charge is 0.316 e. The lowest BCUT2D eigenvalue weighted by molar-refractivity contribution is 0.478. The van der Waals surface area contributed by atoms with Gasteiger partial charge >= 0.3 is 0 Å². The zero-order valence-corrected chi connectivity index (χ0v) is 9.36. The summed E-state index contributed by atoms with van der Waals surface area (Å²) < 4.78 is 12.8. The highest BCUT2D eigenvalue weighted by molar-refractivity contribution is 6.31. The van der Waals surface area contributed by atoms with E-state index in [1.165, 1.54) is 6.42 Å². The number of nitrogens with one attached hydrogen (secondary N) is 1. The second-order valence-corrected chi connectivity index (χ2v) is 4.48. The smallest absolute Gasteiger partial charge is 0.116 e. The van der Waals surface area contributed by atoms with Crippen molar-refractivity contribution < 1.29 is 4.39 Å². The summed E-state index contributed by atoms with van der Waals surface area (Å²) in [5, 5.41) is 3.87. The Morgan fingerprint density at radius 2 is 2.33 bits per heavy atom. The summed E-state index contributed by atoms with van der Waals surface area (Å²) in [6, 6.07) is 5.64. The van der Waals surface area contributed by atoms with Gasteiger partial charge in [0.1, 0.15) is 6.67 Å². The first kappa shape index (κ1) is 10.9. The minimum atomic E-state index is -0.463. The molecule has 1 N–H and O–H groups in total. The summed E-state index contributed by atoms with van der Waals surface area (Å²) in [7, 11) is 0. The number of rotatable bonds is 3. The highest BCUT2D eigenvalue weighted by Crippen LogP contribution is 2.25. The lowest BCUT2D eigenvalue weighted by atomic mass is 9.95. The van der Waals surface area contributed by atoms with Gasteiger partial charge in [-0.3, -0.25) is 0 Å². The quantitative estimate of drug-likeness (QED) is 0.837. The summed E-state index contributed by atoms with van der Waals surface area (Å²) in [5.74, 6) is 0.633. The van der Waals surface area contributed by atoms with E-state index in [4.69, 9.17) is 11.6 Å². The highest BCUT2D eigenvalue weighted by atomic mass is 35.5. The Labute approximate surface area is 94.6 Å². The molecule has 1 aromatic carbocycles. The van der Waals surface area contributed by atoms with Crippen LogP contribution in [0.3, 0.4) is 0 Å². The van der Waals surface area contributed by atoms with Crippen molar-refractivity contribution in [2.45, 2.75) is 19.5 Å². The number of hydrogen-bond donors (Lipinski definition) is 1. The molecular weight excluding hydrogens is 213 g/mol. The molecular formula is C12H15ClFN. The monoisotopic (exact) mass is 227 g/mol. The van der Waals surface area contributed by atoms with Crippen LogP contribution in [0.5, 0.6) is 0 Å². The van der Waals surface area contributed by atoms with Crippen LogP contribution in [0.2, 0.25) is 5.02 Å². The molecule has 1 unspecified atom stereocenters. The molecule has 0 amide bonds. The van der Waals surface area contributed by atoms with E-state index in [2.05, 4.69) is 5.32 Å². The third-order valence-corrected chi connectivity index (χ3v) is 3.37.